The lowest BCUT2D eigenvalue weighted by atomic mass is 10.0. The number of hydrogen-bond acceptors (Lipinski definition) is 4. The minimum Gasteiger partial charge on any atom is -0.222 e. The molecule has 2 rings (SSSR count). The molecule has 0 spiro atoms. The second kappa shape index (κ2) is 4.32. The maximum atomic E-state index is 9.87. The first-order chi connectivity index (χ1) is 6.68. The third-order valence-corrected chi connectivity index (χ3v) is 3.47. The molecule has 0 aliphatic heterocycles. The zero-order valence-electron chi connectivity index (χ0n) is 8.25. The van der Waals surface area contributed by atoms with Crippen LogP contribution >= 0.6 is 0 Å². The number of nitrogens with one attached hydrogen (secondary N) is 1. The Kier molecular flexibility index (Phi) is 3.34. The number of aliphatic imine (C=N–C) groups is 1. The molecule has 0 aromatic heterocycles. The van der Waals surface area contributed by atoms with E-state index in [1.54, 1.807) is 6.08 Å². The fourth-order valence-electron chi connectivity index (χ4n) is 2.56. The normalized spacial score (nSPS) is 36.9. The van der Waals surface area contributed by atoms with Crippen molar-refractivity contribution in [1.29, 1.82) is 5.41 Å². The molecule has 0 amide bonds. The van der Waals surface area contributed by atoms with E-state index < -0.39 is 0 Å². The minimum absolute atomic E-state index is 0.642. The molecule has 0 bridgehead atoms. The van der Waals surface area contributed by atoms with Crippen LogP contribution in [0.15, 0.2) is 4.99 Å². The highest BCUT2D eigenvalue weighted by Gasteiger charge is 2.57. The van der Waals surface area contributed by atoms with E-state index in [1.165, 1.54) is 19.3 Å². The third-order valence-electron chi connectivity index (χ3n) is 3.47. The van der Waals surface area contributed by atoms with Crippen molar-refractivity contribution in [2.24, 2.45) is 22.2 Å². The summed E-state index contributed by atoms with van der Waals surface area (Å²) < 4.78 is 0. The summed E-state index contributed by atoms with van der Waals surface area (Å²) in [7, 11) is 0. The lowest BCUT2D eigenvalue weighted by Crippen LogP contribution is -2.02. The van der Waals surface area contributed by atoms with E-state index in [-0.39, 0.29) is 0 Å². The fraction of sp³-hybridized carbons (Fsp3) is 0.800. The summed E-state index contributed by atoms with van der Waals surface area (Å²) >= 11 is 0. The van der Waals surface area contributed by atoms with Gasteiger partial charge < -0.3 is 0 Å². The summed E-state index contributed by atoms with van der Waals surface area (Å²) in [5.74, 6) is 1.57. The molecule has 76 valence electrons. The molecule has 0 aromatic carbocycles. The first-order valence-electron chi connectivity index (χ1n) is 4.75. The predicted octanol–water partition coefficient (Wildman–Crippen LogP) is 1.66. The van der Waals surface area contributed by atoms with Crippen LogP contribution in [0.2, 0.25) is 0 Å². The summed E-state index contributed by atoms with van der Waals surface area (Å²) in [6, 6.07) is 0. The van der Waals surface area contributed by atoms with Crippen LogP contribution in [0.1, 0.15) is 26.2 Å². The van der Waals surface area contributed by atoms with Crippen molar-refractivity contribution in [2.45, 2.75) is 26.2 Å². The Morgan fingerprint density at radius 2 is 2.21 bits per heavy atom. The first kappa shape index (κ1) is 10.8. The van der Waals surface area contributed by atoms with Crippen molar-refractivity contribution in [3.05, 3.63) is 0 Å². The first-order valence-corrected chi connectivity index (χ1v) is 4.75. The summed E-state index contributed by atoms with van der Waals surface area (Å²) in [4.78, 5) is 21.9. The maximum absolute atomic E-state index is 9.87. The van der Waals surface area contributed by atoms with Gasteiger partial charge in [-0.25, -0.2) is 20.0 Å². The van der Waals surface area contributed by atoms with Gasteiger partial charge in [-0.3, -0.25) is 0 Å². The Morgan fingerprint density at radius 3 is 2.57 bits per heavy atom. The standard InChI is InChI=1S/C9H13NO.CHNO/c1-9-3-2-7(5-10-6-11)8(9)4-9;2-1-3/h7-8H,2-5H2,1H3;2H. The Morgan fingerprint density at radius 1 is 1.57 bits per heavy atom. The van der Waals surface area contributed by atoms with E-state index >= 15 is 0 Å². The Hall–Kier alpha value is -1.24. The molecule has 4 nitrogen and oxygen atoms in total. The fourth-order valence-corrected chi connectivity index (χ4v) is 2.56. The summed E-state index contributed by atoms with van der Waals surface area (Å²) in [6.45, 7) is 3.08. The van der Waals surface area contributed by atoms with Gasteiger partial charge >= 0.3 is 0 Å². The molecule has 0 heterocycles. The third kappa shape index (κ3) is 2.16. The Bertz CT molecular complexity index is 290. The van der Waals surface area contributed by atoms with Crippen molar-refractivity contribution in [3.8, 4) is 0 Å². The highest BCUT2D eigenvalue weighted by Crippen LogP contribution is 2.65. The molecule has 14 heavy (non-hydrogen) atoms. The molecule has 3 unspecified atom stereocenters. The van der Waals surface area contributed by atoms with Crippen molar-refractivity contribution in [2.75, 3.05) is 6.54 Å². The van der Waals surface area contributed by atoms with E-state index in [9.17, 15) is 4.79 Å². The lowest BCUT2D eigenvalue weighted by Gasteiger charge is -2.04. The summed E-state index contributed by atoms with van der Waals surface area (Å²) in [5.41, 5.74) is 0.642. The molecule has 1 N–H and O–H groups in total. The van der Waals surface area contributed by atoms with Gasteiger partial charge in [-0.05, 0) is 36.5 Å². The van der Waals surface area contributed by atoms with Crippen molar-refractivity contribution in [1.82, 2.24) is 0 Å². The zero-order valence-corrected chi connectivity index (χ0v) is 8.25. The van der Waals surface area contributed by atoms with E-state index in [0.29, 0.717) is 11.3 Å². The topological polar surface area (TPSA) is 70.3 Å². The second-order valence-corrected chi connectivity index (χ2v) is 4.30. The monoisotopic (exact) mass is 194 g/mol. The van der Waals surface area contributed by atoms with E-state index in [1.807, 2.05) is 0 Å². The van der Waals surface area contributed by atoms with Crippen LogP contribution in [0.3, 0.4) is 0 Å². The van der Waals surface area contributed by atoms with Crippen LogP contribution in [0.25, 0.3) is 0 Å². The van der Waals surface area contributed by atoms with Gasteiger partial charge in [0.15, 0.2) is 0 Å². The van der Waals surface area contributed by atoms with Crippen LogP contribution in [-0.4, -0.2) is 18.7 Å². The molecule has 2 saturated carbocycles. The van der Waals surface area contributed by atoms with E-state index in [4.69, 9.17) is 10.2 Å². The molecular formula is C10H14N2O2. The summed E-state index contributed by atoms with van der Waals surface area (Å²) in [5, 5.41) is 5.40. The van der Waals surface area contributed by atoms with Crippen molar-refractivity contribution < 1.29 is 9.59 Å². The van der Waals surface area contributed by atoms with Crippen LogP contribution in [0, 0.1) is 22.7 Å². The van der Waals surface area contributed by atoms with Gasteiger partial charge in [0.25, 0.3) is 0 Å². The Labute approximate surface area is 82.9 Å². The van der Waals surface area contributed by atoms with Gasteiger partial charge in [-0.15, -0.1) is 0 Å². The average Bonchev–Trinajstić information content (AvgIpc) is 2.72. The molecule has 4 heteroatoms. The Balaban J connectivity index is 0.000000293. The molecule has 0 radical (unpaired) electrons. The molecular weight excluding hydrogens is 180 g/mol. The number of rotatable bonds is 2. The maximum Gasteiger partial charge on any atom is 0.234 e. The largest absolute Gasteiger partial charge is 0.234 e. The van der Waals surface area contributed by atoms with Gasteiger partial charge in [0.05, 0.1) is 6.54 Å². The molecule has 3 atom stereocenters. The molecule has 2 aliphatic rings. The van der Waals surface area contributed by atoms with Crippen molar-refractivity contribution in [3.63, 3.8) is 0 Å². The number of isocyanates is 2. The average molecular weight is 194 g/mol. The number of hydrogen-bond donors (Lipinski definition) is 1. The number of carbonyl (C=O) groups excluding carboxylic acids is 2. The quantitative estimate of drug-likeness (QED) is 0.536. The van der Waals surface area contributed by atoms with E-state index in [0.717, 1.165) is 18.5 Å². The van der Waals surface area contributed by atoms with Crippen LogP contribution < -0.4 is 0 Å². The van der Waals surface area contributed by atoms with Crippen LogP contribution in [0.5, 0.6) is 0 Å². The van der Waals surface area contributed by atoms with Gasteiger partial charge in [0, 0.05) is 0 Å². The van der Waals surface area contributed by atoms with Gasteiger partial charge in [-0.1, -0.05) is 6.92 Å². The predicted molar refractivity (Wildman–Crippen MR) is 50.3 cm³/mol. The lowest BCUT2D eigenvalue weighted by molar-refractivity contribution is 0.487. The second-order valence-electron chi connectivity index (χ2n) is 4.30. The van der Waals surface area contributed by atoms with Gasteiger partial charge in [0.2, 0.25) is 12.2 Å². The molecule has 0 aromatic rings. The number of fused-ring (bicyclic) bond motifs is 1. The van der Waals surface area contributed by atoms with Gasteiger partial charge in [-0.2, -0.15) is 0 Å². The van der Waals surface area contributed by atoms with E-state index in [2.05, 4.69) is 11.9 Å². The van der Waals surface area contributed by atoms with Gasteiger partial charge in [0.1, 0.15) is 0 Å². The SMILES string of the molecule is CC12CCC(CN=C=O)C1C2.N=C=O. The van der Waals surface area contributed by atoms with Crippen LogP contribution in [-0.2, 0) is 9.59 Å². The summed E-state index contributed by atoms with van der Waals surface area (Å²) in [6.07, 6.45) is 6.35. The number of nitrogens with zero attached hydrogens (tertiary/aromatic N) is 1. The van der Waals surface area contributed by atoms with Crippen LogP contribution in [0.4, 0.5) is 0 Å². The smallest absolute Gasteiger partial charge is 0.222 e. The molecule has 0 saturated heterocycles. The zero-order chi connectivity index (χ0) is 10.6. The highest BCUT2D eigenvalue weighted by atomic mass is 16.1. The molecule has 2 aliphatic carbocycles. The van der Waals surface area contributed by atoms with Crippen molar-refractivity contribution >= 4 is 12.2 Å². The highest BCUT2D eigenvalue weighted by molar-refractivity contribution is 5.33. The molecule has 2 fully saturated rings. The minimum atomic E-state index is 0.642.